The van der Waals surface area contributed by atoms with Crippen LogP contribution in [0, 0.1) is 0 Å². The van der Waals surface area contributed by atoms with Gasteiger partial charge in [0.15, 0.2) is 6.61 Å². The van der Waals surface area contributed by atoms with Gasteiger partial charge in [0, 0.05) is 22.9 Å². The van der Waals surface area contributed by atoms with Gasteiger partial charge in [0.25, 0.3) is 5.91 Å². The largest absolute Gasteiger partial charge is 0.484 e. The fraction of sp³-hybridized carbons (Fsp3) is 0.500. The summed E-state index contributed by atoms with van der Waals surface area (Å²) >= 11 is 9.27. The van der Waals surface area contributed by atoms with Crippen LogP contribution in [0.1, 0.15) is 19.3 Å². The van der Waals surface area contributed by atoms with Gasteiger partial charge in [0.2, 0.25) is 0 Å². The molecule has 19 heavy (non-hydrogen) atoms. The molecule has 0 saturated heterocycles. The number of carbonyl (C=O) groups excluding carboxylic acids is 1. The van der Waals surface area contributed by atoms with Crippen molar-refractivity contribution in [2.75, 3.05) is 18.5 Å². The normalized spacial score (nSPS) is 14.8. The fourth-order valence-electron chi connectivity index (χ4n) is 2.09. The van der Waals surface area contributed by atoms with Gasteiger partial charge in [-0.05, 0) is 37.5 Å². The molecule has 1 aromatic rings. The monoisotopic (exact) mass is 345 g/mol. The third kappa shape index (κ3) is 4.11. The van der Waals surface area contributed by atoms with E-state index < -0.39 is 0 Å². The van der Waals surface area contributed by atoms with Gasteiger partial charge in [-0.25, -0.2) is 0 Å². The van der Waals surface area contributed by atoms with E-state index in [1.165, 1.54) is 6.42 Å². The first kappa shape index (κ1) is 14.7. The minimum absolute atomic E-state index is 0.0455. The Balaban J connectivity index is 1.88. The predicted molar refractivity (Wildman–Crippen MR) is 80.1 cm³/mol. The third-order valence-corrected chi connectivity index (χ3v) is 3.91. The zero-order valence-corrected chi connectivity index (χ0v) is 13.0. The number of ether oxygens (including phenoxy) is 1. The van der Waals surface area contributed by atoms with Gasteiger partial charge in [-0.1, -0.05) is 33.6 Å². The van der Waals surface area contributed by atoms with Crippen molar-refractivity contribution < 1.29 is 9.53 Å². The Bertz CT molecular complexity index is 437. The van der Waals surface area contributed by atoms with E-state index in [0.29, 0.717) is 16.8 Å². The number of nitrogens with zero attached hydrogens (tertiary/aromatic N) is 1. The molecule has 2 rings (SSSR count). The molecule has 1 amide bonds. The number of carbonyl (C=O) groups is 1. The zero-order valence-electron chi connectivity index (χ0n) is 10.6. The lowest BCUT2D eigenvalue weighted by Crippen LogP contribution is -2.47. The van der Waals surface area contributed by atoms with Crippen molar-refractivity contribution in [1.29, 1.82) is 0 Å². The molecule has 0 aromatic heterocycles. The lowest BCUT2D eigenvalue weighted by molar-refractivity contribution is -0.137. The Morgan fingerprint density at radius 2 is 2.26 bits per heavy atom. The highest BCUT2D eigenvalue weighted by atomic mass is 79.9. The summed E-state index contributed by atoms with van der Waals surface area (Å²) in [4.78, 5) is 14.1. The van der Waals surface area contributed by atoms with Gasteiger partial charge in [-0.2, -0.15) is 0 Å². The van der Waals surface area contributed by atoms with Gasteiger partial charge < -0.3 is 9.64 Å². The molecule has 1 aliphatic rings. The average molecular weight is 347 g/mol. The standard InChI is InChI=1S/C14H17BrClNO2/c15-7-8-17(12-4-2-5-12)14(18)10-19-13-6-1-3-11(16)9-13/h1,3,6,9,12H,2,4-5,7-8,10H2. The number of benzene rings is 1. The van der Waals surface area contributed by atoms with E-state index in [0.717, 1.165) is 24.7 Å². The SMILES string of the molecule is O=C(COc1cccc(Cl)c1)N(CCBr)C1CCC1. The molecule has 5 heteroatoms. The molecule has 0 radical (unpaired) electrons. The Labute approximate surface area is 127 Å². The summed E-state index contributed by atoms with van der Waals surface area (Å²) in [5, 5.41) is 1.41. The molecule has 0 atom stereocenters. The number of alkyl halides is 1. The van der Waals surface area contributed by atoms with E-state index in [4.69, 9.17) is 16.3 Å². The van der Waals surface area contributed by atoms with Crippen LogP contribution in [0.25, 0.3) is 0 Å². The molecule has 104 valence electrons. The average Bonchev–Trinajstić information content (AvgIpc) is 2.33. The molecule has 1 aliphatic carbocycles. The smallest absolute Gasteiger partial charge is 0.260 e. The molecule has 1 saturated carbocycles. The molecule has 0 bridgehead atoms. The zero-order chi connectivity index (χ0) is 13.7. The van der Waals surface area contributed by atoms with Crippen LogP contribution in [0.2, 0.25) is 5.02 Å². The van der Waals surface area contributed by atoms with Crippen LogP contribution < -0.4 is 4.74 Å². The summed E-state index contributed by atoms with van der Waals surface area (Å²) in [6.07, 6.45) is 3.43. The minimum atomic E-state index is 0.0455. The molecule has 0 spiro atoms. The van der Waals surface area contributed by atoms with Crippen molar-refractivity contribution in [3.8, 4) is 5.75 Å². The third-order valence-electron chi connectivity index (χ3n) is 3.32. The first-order valence-corrected chi connectivity index (χ1v) is 7.94. The topological polar surface area (TPSA) is 29.5 Å². The van der Waals surface area contributed by atoms with E-state index in [9.17, 15) is 4.79 Å². The highest BCUT2D eigenvalue weighted by molar-refractivity contribution is 9.09. The number of hydrogen-bond acceptors (Lipinski definition) is 2. The highest BCUT2D eigenvalue weighted by Crippen LogP contribution is 2.25. The van der Waals surface area contributed by atoms with Crippen LogP contribution in [0.5, 0.6) is 5.75 Å². The van der Waals surface area contributed by atoms with Crippen molar-refractivity contribution >= 4 is 33.4 Å². The van der Waals surface area contributed by atoms with Crippen molar-refractivity contribution in [3.05, 3.63) is 29.3 Å². The Kier molecular flexibility index (Phi) is 5.52. The quantitative estimate of drug-likeness (QED) is 0.738. The van der Waals surface area contributed by atoms with Crippen LogP contribution in [-0.4, -0.2) is 35.3 Å². The fourth-order valence-corrected chi connectivity index (χ4v) is 2.65. The van der Waals surface area contributed by atoms with Crippen molar-refractivity contribution in [3.63, 3.8) is 0 Å². The molecular formula is C14H17BrClNO2. The van der Waals surface area contributed by atoms with Gasteiger partial charge in [0.05, 0.1) is 0 Å². The van der Waals surface area contributed by atoms with Crippen molar-refractivity contribution in [2.24, 2.45) is 0 Å². The lowest BCUT2D eigenvalue weighted by atomic mass is 9.91. The number of hydrogen-bond donors (Lipinski definition) is 0. The molecule has 0 N–H and O–H groups in total. The second-order valence-corrected chi connectivity index (χ2v) is 5.84. The number of rotatable bonds is 6. The van der Waals surface area contributed by atoms with Gasteiger partial charge in [-0.15, -0.1) is 0 Å². The molecule has 0 heterocycles. The molecule has 0 unspecified atom stereocenters. The van der Waals surface area contributed by atoms with Crippen LogP contribution in [0.3, 0.4) is 0 Å². The van der Waals surface area contributed by atoms with Crippen LogP contribution >= 0.6 is 27.5 Å². The second-order valence-electron chi connectivity index (χ2n) is 4.61. The maximum absolute atomic E-state index is 12.2. The highest BCUT2D eigenvalue weighted by Gasteiger charge is 2.28. The summed E-state index contributed by atoms with van der Waals surface area (Å²) in [5.41, 5.74) is 0. The van der Waals surface area contributed by atoms with Gasteiger partial charge >= 0.3 is 0 Å². The molecule has 3 nitrogen and oxygen atoms in total. The number of halogens is 2. The van der Waals surface area contributed by atoms with Crippen molar-refractivity contribution in [2.45, 2.75) is 25.3 Å². The van der Waals surface area contributed by atoms with Gasteiger partial charge in [0.1, 0.15) is 5.75 Å². The first-order valence-electron chi connectivity index (χ1n) is 6.44. The summed E-state index contributed by atoms with van der Waals surface area (Å²) in [6, 6.07) is 7.50. The lowest BCUT2D eigenvalue weighted by Gasteiger charge is -2.37. The molecule has 1 aromatic carbocycles. The second kappa shape index (κ2) is 7.15. The van der Waals surface area contributed by atoms with Crippen LogP contribution in [0.15, 0.2) is 24.3 Å². The van der Waals surface area contributed by atoms with E-state index in [1.807, 2.05) is 11.0 Å². The first-order chi connectivity index (χ1) is 9.20. The Morgan fingerprint density at radius 1 is 1.47 bits per heavy atom. The Morgan fingerprint density at radius 3 is 2.84 bits per heavy atom. The van der Waals surface area contributed by atoms with Crippen molar-refractivity contribution in [1.82, 2.24) is 4.90 Å². The van der Waals surface area contributed by atoms with E-state index in [-0.39, 0.29) is 12.5 Å². The summed E-state index contributed by atoms with van der Waals surface area (Å²) in [6.45, 7) is 0.812. The van der Waals surface area contributed by atoms with E-state index in [1.54, 1.807) is 18.2 Å². The predicted octanol–water partition coefficient (Wildman–Crippen LogP) is 3.49. The maximum atomic E-state index is 12.2. The van der Waals surface area contributed by atoms with Gasteiger partial charge in [-0.3, -0.25) is 4.79 Å². The van der Waals surface area contributed by atoms with Crippen LogP contribution in [-0.2, 0) is 4.79 Å². The van der Waals surface area contributed by atoms with Crippen LogP contribution in [0.4, 0.5) is 0 Å². The molecule has 1 fully saturated rings. The number of amides is 1. The molecular weight excluding hydrogens is 330 g/mol. The maximum Gasteiger partial charge on any atom is 0.260 e. The molecule has 0 aliphatic heterocycles. The summed E-state index contributed by atoms with van der Waals surface area (Å²) in [5.74, 6) is 0.678. The summed E-state index contributed by atoms with van der Waals surface area (Å²) in [7, 11) is 0. The van der Waals surface area contributed by atoms with E-state index in [2.05, 4.69) is 15.9 Å². The minimum Gasteiger partial charge on any atom is -0.484 e. The van der Waals surface area contributed by atoms with E-state index >= 15 is 0 Å². The Hall–Kier alpha value is -0.740. The summed E-state index contributed by atoms with van der Waals surface area (Å²) < 4.78 is 5.50.